The first-order valence-corrected chi connectivity index (χ1v) is 4.65. The molecule has 0 amide bonds. The van der Waals surface area contributed by atoms with Gasteiger partial charge in [-0.1, -0.05) is 0 Å². The molecular weight excluding hydrogens is 204 g/mol. The number of rotatable bonds is 4. The van der Waals surface area contributed by atoms with Crippen molar-refractivity contribution in [1.82, 2.24) is 4.57 Å². The molecule has 0 aliphatic carbocycles. The number of ether oxygens (including phenoxy) is 1. The average Bonchev–Trinajstić information content (AvgIpc) is 2.49. The second-order valence-electron chi connectivity index (χ2n) is 3.39. The van der Waals surface area contributed by atoms with E-state index in [1.165, 1.54) is 16.8 Å². The number of nitrogens with zero attached hydrogens (tertiary/aromatic N) is 1. The van der Waals surface area contributed by atoms with Crippen molar-refractivity contribution in [1.29, 1.82) is 0 Å². The number of aromatic nitrogens is 1. The molecule has 0 saturated heterocycles. The molecule has 0 spiro atoms. The molecule has 1 heterocycles. The fraction of sp³-hybridized carbons (Fsp3) is 0.500. The van der Waals surface area contributed by atoms with Gasteiger partial charge < -0.3 is 9.30 Å². The third kappa shape index (κ3) is 3.34. The summed E-state index contributed by atoms with van der Waals surface area (Å²) in [6, 6.07) is 3.01. The fourth-order valence-corrected chi connectivity index (χ4v) is 1.18. The highest BCUT2D eigenvalue weighted by Crippen LogP contribution is 2.08. The van der Waals surface area contributed by atoms with Crippen molar-refractivity contribution in [3.63, 3.8) is 0 Å². The Hall–Kier alpha value is -1.39. The SMILES string of the molecule is CC(C)OC(=O)c1cccn1CC(F)F. The van der Waals surface area contributed by atoms with Crippen LogP contribution in [0.5, 0.6) is 0 Å². The Balaban J connectivity index is 2.76. The molecule has 0 atom stereocenters. The van der Waals surface area contributed by atoms with Gasteiger partial charge in [0.15, 0.2) is 0 Å². The molecule has 1 aromatic rings. The van der Waals surface area contributed by atoms with E-state index in [2.05, 4.69) is 0 Å². The largest absolute Gasteiger partial charge is 0.458 e. The number of esters is 1. The molecule has 0 saturated carbocycles. The highest BCUT2D eigenvalue weighted by molar-refractivity contribution is 5.87. The van der Waals surface area contributed by atoms with Crippen molar-refractivity contribution in [2.75, 3.05) is 0 Å². The summed E-state index contributed by atoms with van der Waals surface area (Å²) in [4.78, 5) is 11.4. The average molecular weight is 217 g/mol. The van der Waals surface area contributed by atoms with Crippen LogP contribution in [0.15, 0.2) is 18.3 Å². The summed E-state index contributed by atoms with van der Waals surface area (Å²) in [6.45, 7) is 2.92. The van der Waals surface area contributed by atoms with Gasteiger partial charge in [-0.2, -0.15) is 0 Å². The predicted molar refractivity (Wildman–Crippen MR) is 51.0 cm³/mol. The Morgan fingerprint density at radius 3 is 2.73 bits per heavy atom. The number of hydrogen-bond acceptors (Lipinski definition) is 2. The topological polar surface area (TPSA) is 31.2 Å². The quantitative estimate of drug-likeness (QED) is 0.725. The molecule has 3 nitrogen and oxygen atoms in total. The van der Waals surface area contributed by atoms with Crippen molar-refractivity contribution in [2.24, 2.45) is 0 Å². The Morgan fingerprint density at radius 1 is 1.53 bits per heavy atom. The number of alkyl halides is 2. The second-order valence-corrected chi connectivity index (χ2v) is 3.39. The van der Waals surface area contributed by atoms with Crippen LogP contribution in [-0.4, -0.2) is 23.1 Å². The smallest absolute Gasteiger partial charge is 0.355 e. The van der Waals surface area contributed by atoms with Gasteiger partial charge in [-0.05, 0) is 26.0 Å². The fourth-order valence-electron chi connectivity index (χ4n) is 1.18. The first kappa shape index (κ1) is 11.7. The Bertz CT molecular complexity index is 334. The minimum Gasteiger partial charge on any atom is -0.458 e. The number of carbonyl (C=O) groups is 1. The lowest BCUT2D eigenvalue weighted by Crippen LogP contribution is -2.17. The van der Waals surface area contributed by atoms with E-state index in [-0.39, 0.29) is 11.8 Å². The number of halogens is 2. The lowest BCUT2D eigenvalue weighted by atomic mass is 10.4. The van der Waals surface area contributed by atoms with E-state index in [0.717, 1.165) is 0 Å². The van der Waals surface area contributed by atoms with E-state index in [1.807, 2.05) is 0 Å². The maximum atomic E-state index is 12.1. The van der Waals surface area contributed by atoms with Crippen molar-refractivity contribution in [3.8, 4) is 0 Å². The molecule has 15 heavy (non-hydrogen) atoms. The Kier molecular flexibility index (Phi) is 3.82. The van der Waals surface area contributed by atoms with Crippen molar-refractivity contribution in [3.05, 3.63) is 24.0 Å². The van der Waals surface area contributed by atoms with Gasteiger partial charge in [0.1, 0.15) is 5.69 Å². The monoisotopic (exact) mass is 217 g/mol. The van der Waals surface area contributed by atoms with Gasteiger partial charge in [0.2, 0.25) is 0 Å². The van der Waals surface area contributed by atoms with E-state index in [0.29, 0.717) is 0 Å². The third-order valence-corrected chi connectivity index (χ3v) is 1.72. The van der Waals surface area contributed by atoms with Gasteiger partial charge in [-0.15, -0.1) is 0 Å². The molecule has 0 radical (unpaired) electrons. The first-order valence-electron chi connectivity index (χ1n) is 4.65. The van der Waals surface area contributed by atoms with E-state index in [1.54, 1.807) is 19.9 Å². The van der Waals surface area contributed by atoms with Crippen LogP contribution in [0.25, 0.3) is 0 Å². The molecule has 0 bridgehead atoms. The second kappa shape index (κ2) is 4.91. The highest BCUT2D eigenvalue weighted by Gasteiger charge is 2.15. The van der Waals surface area contributed by atoms with Crippen LogP contribution in [0, 0.1) is 0 Å². The molecule has 84 valence electrons. The van der Waals surface area contributed by atoms with Gasteiger partial charge in [-0.3, -0.25) is 0 Å². The lowest BCUT2D eigenvalue weighted by Gasteiger charge is -2.10. The zero-order chi connectivity index (χ0) is 11.4. The summed E-state index contributed by atoms with van der Waals surface area (Å²) in [5.74, 6) is -0.573. The van der Waals surface area contributed by atoms with Crippen molar-refractivity contribution < 1.29 is 18.3 Å². The minimum atomic E-state index is -2.48. The summed E-state index contributed by atoms with van der Waals surface area (Å²) < 4.78 is 30.4. The molecule has 0 N–H and O–H groups in total. The Morgan fingerprint density at radius 2 is 2.20 bits per heavy atom. The van der Waals surface area contributed by atoms with Gasteiger partial charge >= 0.3 is 5.97 Å². The number of hydrogen-bond donors (Lipinski definition) is 0. The van der Waals surface area contributed by atoms with Crippen LogP contribution in [-0.2, 0) is 11.3 Å². The van der Waals surface area contributed by atoms with Crippen molar-refractivity contribution >= 4 is 5.97 Å². The summed E-state index contributed by atoms with van der Waals surface area (Å²) in [5.41, 5.74) is 0.156. The molecule has 0 aliphatic heterocycles. The maximum absolute atomic E-state index is 12.1. The van der Waals surface area contributed by atoms with E-state index in [9.17, 15) is 13.6 Å². The van der Waals surface area contributed by atoms with Crippen LogP contribution in [0.3, 0.4) is 0 Å². The van der Waals surface area contributed by atoms with E-state index in [4.69, 9.17) is 4.74 Å². The predicted octanol–water partition coefficient (Wildman–Crippen LogP) is 2.32. The molecule has 0 aromatic carbocycles. The van der Waals surface area contributed by atoms with Gasteiger partial charge in [-0.25, -0.2) is 13.6 Å². The van der Waals surface area contributed by atoms with Crippen LogP contribution in [0.1, 0.15) is 24.3 Å². The van der Waals surface area contributed by atoms with Gasteiger partial charge in [0.05, 0.1) is 12.6 Å². The van der Waals surface area contributed by atoms with Crippen LogP contribution in [0.4, 0.5) is 8.78 Å². The summed E-state index contributed by atoms with van der Waals surface area (Å²) in [7, 11) is 0. The first-order chi connectivity index (χ1) is 7.00. The van der Waals surface area contributed by atoms with E-state index >= 15 is 0 Å². The zero-order valence-corrected chi connectivity index (χ0v) is 8.61. The molecule has 0 aliphatic rings. The van der Waals surface area contributed by atoms with Crippen LogP contribution in [0.2, 0.25) is 0 Å². The van der Waals surface area contributed by atoms with Gasteiger partial charge in [0, 0.05) is 6.20 Å². The highest BCUT2D eigenvalue weighted by atomic mass is 19.3. The molecule has 5 heteroatoms. The third-order valence-electron chi connectivity index (χ3n) is 1.72. The molecular formula is C10H13F2NO2. The summed E-state index contributed by atoms with van der Waals surface area (Å²) in [5, 5.41) is 0. The van der Waals surface area contributed by atoms with Crippen LogP contribution >= 0.6 is 0 Å². The molecule has 0 unspecified atom stereocenters. The maximum Gasteiger partial charge on any atom is 0.355 e. The Labute approximate surface area is 86.6 Å². The molecule has 1 aromatic heterocycles. The number of carbonyl (C=O) groups excluding carboxylic acids is 1. The minimum absolute atomic E-state index is 0.156. The summed E-state index contributed by atoms with van der Waals surface area (Å²) >= 11 is 0. The van der Waals surface area contributed by atoms with Crippen LogP contribution < -0.4 is 0 Å². The molecule has 1 rings (SSSR count). The van der Waals surface area contributed by atoms with Gasteiger partial charge in [0.25, 0.3) is 6.43 Å². The van der Waals surface area contributed by atoms with E-state index < -0.39 is 18.9 Å². The standard InChI is InChI=1S/C10H13F2NO2/c1-7(2)15-10(14)8-4-3-5-13(8)6-9(11)12/h3-5,7,9H,6H2,1-2H3. The van der Waals surface area contributed by atoms with Crippen molar-refractivity contribution in [2.45, 2.75) is 32.9 Å². The summed E-state index contributed by atoms with van der Waals surface area (Å²) in [6.07, 6.45) is -1.31. The normalized spacial score (nSPS) is 11.1. The zero-order valence-electron chi connectivity index (χ0n) is 8.61. The molecule has 0 fully saturated rings. The lowest BCUT2D eigenvalue weighted by molar-refractivity contribution is 0.0359.